The van der Waals surface area contributed by atoms with Crippen LogP contribution in [0.4, 0.5) is 4.39 Å². The molecule has 140 valence electrons. The van der Waals surface area contributed by atoms with Crippen LogP contribution in [0.25, 0.3) is 0 Å². The lowest BCUT2D eigenvalue weighted by molar-refractivity contribution is -0.125. The summed E-state index contributed by atoms with van der Waals surface area (Å²) in [5.41, 5.74) is -1.17. The predicted octanol–water partition coefficient (Wildman–Crippen LogP) is 1.09. The second-order valence-electron chi connectivity index (χ2n) is 6.58. The molecule has 0 bridgehead atoms. The predicted molar refractivity (Wildman–Crippen MR) is 91.5 cm³/mol. The molecule has 1 rings (SSSR count). The molecule has 0 aliphatic carbocycles. The molecule has 0 aromatic heterocycles. The lowest BCUT2D eigenvalue weighted by Gasteiger charge is -2.26. The quantitative estimate of drug-likeness (QED) is 0.594. The van der Waals surface area contributed by atoms with Gasteiger partial charge in [0.05, 0.1) is 23.8 Å². The van der Waals surface area contributed by atoms with Crippen molar-refractivity contribution in [1.82, 2.24) is 10.6 Å². The van der Waals surface area contributed by atoms with Gasteiger partial charge >= 0.3 is 0 Å². The third-order valence-electron chi connectivity index (χ3n) is 3.80. The van der Waals surface area contributed by atoms with Gasteiger partial charge in [-0.3, -0.25) is 9.59 Å². The highest BCUT2D eigenvalue weighted by Gasteiger charge is 2.36. The molecule has 26 heavy (non-hydrogen) atoms. The van der Waals surface area contributed by atoms with Crippen molar-refractivity contribution in [3.8, 4) is 6.07 Å². The fraction of sp³-hybridized carbons (Fsp3) is 0.471. The summed E-state index contributed by atoms with van der Waals surface area (Å²) in [6, 6.07) is 3.35. The Morgan fingerprint density at radius 1 is 1.42 bits per heavy atom. The minimum atomic E-state index is -1.29. The van der Waals surface area contributed by atoms with E-state index in [-0.39, 0.29) is 17.7 Å². The van der Waals surface area contributed by atoms with E-state index in [1.165, 1.54) is 19.9 Å². The Kier molecular flexibility index (Phi) is 7.34. The van der Waals surface area contributed by atoms with Crippen molar-refractivity contribution in [2.24, 2.45) is 10.6 Å². The Morgan fingerprint density at radius 2 is 2.08 bits per heavy atom. The fourth-order valence-electron chi connectivity index (χ4n) is 2.10. The zero-order valence-corrected chi connectivity index (χ0v) is 14.7. The highest BCUT2D eigenvalue weighted by molar-refractivity contribution is 5.95. The lowest BCUT2D eigenvalue weighted by Crippen LogP contribution is -2.48. The molecule has 0 aliphatic rings. The van der Waals surface area contributed by atoms with Crippen LogP contribution in [0.1, 0.15) is 36.7 Å². The Balaban J connectivity index is 2.68. The zero-order chi connectivity index (χ0) is 19.9. The Morgan fingerprint density at radius 3 is 2.62 bits per heavy atom. The SMILES string of the molecule is CC(CNC(=O)C(N=O)C(C)(C)CO)NC(=O)c1cc(C#N)ccc1F. The topological polar surface area (TPSA) is 132 Å². The van der Waals surface area contributed by atoms with Gasteiger partial charge in [-0.15, -0.1) is 4.91 Å². The second kappa shape index (κ2) is 9.01. The molecule has 2 atom stereocenters. The van der Waals surface area contributed by atoms with Crippen molar-refractivity contribution < 1.29 is 19.1 Å². The van der Waals surface area contributed by atoms with Crippen LogP contribution in [0, 0.1) is 27.5 Å². The maximum Gasteiger partial charge on any atom is 0.254 e. The van der Waals surface area contributed by atoms with E-state index in [0.29, 0.717) is 0 Å². The zero-order valence-electron chi connectivity index (χ0n) is 14.7. The van der Waals surface area contributed by atoms with E-state index in [1.807, 2.05) is 6.07 Å². The molecule has 3 N–H and O–H groups in total. The van der Waals surface area contributed by atoms with Crippen molar-refractivity contribution in [3.63, 3.8) is 0 Å². The number of aliphatic hydroxyl groups excluding tert-OH is 1. The smallest absolute Gasteiger partial charge is 0.254 e. The number of aliphatic hydroxyl groups is 1. The molecule has 1 aromatic rings. The minimum absolute atomic E-state index is 0.0301. The van der Waals surface area contributed by atoms with Gasteiger partial charge in [-0.05, 0) is 25.1 Å². The van der Waals surface area contributed by atoms with Crippen LogP contribution >= 0.6 is 0 Å². The molecule has 0 saturated heterocycles. The summed E-state index contributed by atoms with van der Waals surface area (Å²) < 4.78 is 13.7. The molecule has 0 aliphatic heterocycles. The average Bonchev–Trinajstić information content (AvgIpc) is 2.60. The van der Waals surface area contributed by atoms with Crippen LogP contribution in [0.2, 0.25) is 0 Å². The summed E-state index contributed by atoms with van der Waals surface area (Å²) in [5, 5.41) is 25.8. The Labute approximate surface area is 150 Å². The van der Waals surface area contributed by atoms with E-state index in [4.69, 9.17) is 5.26 Å². The molecule has 1 aromatic carbocycles. The van der Waals surface area contributed by atoms with Crippen molar-refractivity contribution in [3.05, 3.63) is 40.1 Å². The number of nitroso groups, excluding NO2 is 1. The maximum absolute atomic E-state index is 13.7. The van der Waals surface area contributed by atoms with Crippen LogP contribution in [0.15, 0.2) is 23.4 Å². The first kappa shape index (κ1) is 21.2. The van der Waals surface area contributed by atoms with Gasteiger partial charge in [-0.25, -0.2) is 4.39 Å². The number of nitrogens with one attached hydrogen (secondary N) is 2. The summed E-state index contributed by atoms with van der Waals surface area (Å²) in [7, 11) is 0. The third-order valence-corrected chi connectivity index (χ3v) is 3.80. The van der Waals surface area contributed by atoms with Crippen molar-refractivity contribution >= 4 is 11.8 Å². The van der Waals surface area contributed by atoms with Crippen LogP contribution < -0.4 is 10.6 Å². The van der Waals surface area contributed by atoms with Gasteiger partial charge in [0, 0.05) is 18.0 Å². The van der Waals surface area contributed by atoms with Gasteiger partial charge in [-0.2, -0.15) is 5.26 Å². The van der Waals surface area contributed by atoms with E-state index >= 15 is 0 Å². The molecule has 2 amide bonds. The molecular weight excluding hydrogens is 343 g/mol. The first-order valence-corrected chi connectivity index (χ1v) is 7.87. The summed E-state index contributed by atoms with van der Waals surface area (Å²) in [6.07, 6.45) is 0. The molecule has 0 saturated carbocycles. The van der Waals surface area contributed by atoms with E-state index in [2.05, 4.69) is 15.8 Å². The van der Waals surface area contributed by atoms with Gasteiger partial charge in [0.1, 0.15) is 5.82 Å². The molecule has 9 heteroatoms. The van der Waals surface area contributed by atoms with Gasteiger partial charge in [0.25, 0.3) is 5.91 Å². The molecular formula is C17H21FN4O4. The number of amides is 2. The molecule has 0 heterocycles. The number of halogens is 1. The summed E-state index contributed by atoms with van der Waals surface area (Å²) >= 11 is 0. The van der Waals surface area contributed by atoms with Crippen molar-refractivity contribution in [2.45, 2.75) is 32.9 Å². The van der Waals surface area contributed by atoms with Crippen molar-refractivity contribution in [1.29, 1.82) is 5.26 Å². The van der Waals surface area contributed by atoms with Crippen LogP contribution in [-0.2, 0) is 4.79 Å². The Bertz CT molecular complexity index is 730. The van der Waals surface area contributed by atoms with Crippen molar-refractivity contribution in [2.75, 3.05) is 13.2 Å². The number of nitriles is 1. The molecule has 0 radical (unpaired) electrons. The lowest BCUT2D eigenvalue weighted by atomic mass is 9.85. The fourth-order valence-corrected chi connectivity index (χ4v) is 2.10. The number of benzene rings is 1. The molecule has 0 spiro atoms. The molecule has 2 unspecified atom stereocenters. The average molecular weight is 364 g/mol. The van der Waals surface area contributed by atoms with E-state index in [1.54, 1.807) is 6.92 Å². The number of rotatable bonds is 8. The summed E-state index contributed by atoms with van der Waals surface area (Å²) in [6.45, 7) is 4.18. The van der Waals surface area contributed by atoms with Crippen LogP contribution in [0.5, 0.6) is 0 Å². The maximum atomic E-state index is 13.7. The largest absolute Gasteiger partial charge is 0.396 e. The third kappa shape index (κ3) is 5.32. The summed E-state index contributed by atoms with van der Waals surface area (Å²) in [4.78, 5) is 35.1. The number of carbonyl (C=O) groups excluding carboxylic acids is 2. The van der Waals surface area contributed by atoms with Crippen LogP contribution in [0.3, 0.4) is 0 Å². The first-order valence-electron chi connectivity index (χ1n) is 7.87. The standard InChI is InChI=1S/C17H21FN4O4/c1-10(8-20-16(25)14(22-26)17(2,3)9-23)21-15(24)12-6-11(7-19)4-5-13(12)18/h4-6,10,14,23H,8-9H2,1-3H3,(H,20,25)(H,21,24). The normalized spacial score (nSPS) is 13.2. The molecule has 8 nitrogen and oxygen atoms in total. The van der Waals surface area contributed by atoms with Crippen LogP contribution in [-0.4, -0.2) is 42.2 Å². The Hall–Kier alpha value is -2.86. The second-order valence-corrected chi connectivity index (χ2v) is 6.58. The minimum Gasteiger partial charge on any atom is -0.396 e. The van der Waals surface area contributed by atoms with E-state index in [0.717, 1.165) is 12.1 Å². The number of hydrogen-bond donors (Lipinski definition) is 3. The van der Waals surface area contributed by atoms with E-state index in [9.17, 15) is 24.0 Å². The highest BCUT2D eigenvalue weighted by atomic mass is 19.1. The van der Waals surface area contributed by atoms with Gasteiger partial charge in [0.15, 0.2) is 6.04 Å². The van der Waals surface area contributed by atoms with Gasteiger partial charge in [-0.1, -0.05) is 19.0 Å². The first-order chi connectivity index (χ1) is 12.2. The monoisotopic (exact) mass is 364 g/mol. The van der Waals surface area contributed by atoms with E-state index < -0.39 is 41.7 Å². The van der Waals surface area contributed by atoms with Gasteiger partial charge < -0.3 is 15.7 Å². The number of hydrogen-bond acceptors (Lipinski definition) is 6. The number of carbonyl (C=O) groups is 2. The van der Waals surface area contributed by atoms with Gasteiger partial charge in [0.2, 0.25) is 5.91 Å². The number of nitrogens with zero attached hydrogens (tertiary/aromatic N) is 2. The summed E-state index contributed by atoms with van der Waals surface area (Å²) in [5.74, 6) is -2.19. The molecule has 0 fully saturated rings. The highest BCUT2D eigenvalue weighted by Crippen LogP contribution is 2.22.